The van der Waals surface area contributed by atoms with Gasteiger partial charge in [-0.15, -0.1) is 0 Å². The zero-order valence-corrected chi connectivity index (χ0v) is 15.9. The first-order valence-electron chi connectivity index (χ1n) is 9.34. The van der Waals surface area contributed by atoms with Gasteiger partial charge in [-0.3, -0.25) is 4.79 Å². The Morgan fingerprint density at radius 2 is 1.48 bits per heavy atom. The van der Waals surface area contributed by atoms with E-state index in [9.17, 15) is 9.90 Å². The lowest BCUT2D eigenvalue weighted by Crippen LogP contribution is -2.46. The van der Waals surface area contributed by atoms with Gasteiger partial charge >= 0.3 is 0 Å². The topological polar surface area (TPSA) is 40.5 Å². The molecule has 0 bridgehead atoms. The van der Waals surface area contributed by atoms with Crippen LogP contribution in [0.15, 0.2) is 77.5 Å². The Labute approximate surface area is 163 Å². The molecule has 0 atom stereocenters. The summed E-state index contributed by atoms with van der Waals surface area (Å²) in [4.78, 5) is 14.5. The van der Waals surface area contributed by atoms with Gasteiger partial charge in [0.15, 0.2) is 0 Å². The quantitative estimate of drug-likeness (QED) is 0.725. The van der Waals surface area contributed by atoms with Crippen molar-refractivity contribution in [2.24, 2.45) is 5.92 Å². The van der Waals surface area contributed by atoms with Gasteiger partial charge in [0.1, 0.15) is 5.60 Å². The monoisotopic (exact) mass is 377 g/mol. The smallest absolute Gasteiger partial charge is 0.254 e. The van der Waals surface area contributed by atoms with Crippen LogP contribution in [0.25, 0.3) is 0 Å². The Kier molecular flexibility index (Phi) is 5.10. The van der Waals surface area contributed by atoms with Crippen molar-refractivity contribution in [2.45, 2.75) is 18.4 Å². The molecule has 4 rings (SSSR count). The van der Waals surface area contributed by atoms with E-state index in [-0.39, 0.29) is 11.8 Å². The molecule has 1 aromatic heterocycles. The highest BCUT2D eigenvalue weighted by Crippen LogP contribution is 2.42. The molecule has 1 aliphatic heterocycles. The molecule has 1 fully saturated rings. The average Bonchev–Trinajstić information content (AvgIpc) is 3.29. The predicted octanol–water partition coefficient (Wildman–Crippen LogP) is 4.54. The van der Waals surface area contributed by atoms with Crippen LogP contribution in [0.4, 0.5) is 0 Å². The van der Waals surface area contributed by atoms with E-state index in [0.717, 1.165) is 29.5 Å². The normalized spacial score (nSPS) is 15.7. The van der Waals surface area contributed by atoms with Gasteiger partial charge in [-0.2, -0.15) is 11.3 Å². The number of aliphatic hydroxyl groups is 1. The molecule has 0 spiro atoms. The molecule has 1 saturated heterocycles. The molecule has 0 unspecified atom stereocenters. The molecule has 3 aromatic rings. The lowest BCUT2D eigenvalue weighted by atomic mass is 9.72. The summed E-state index contributed by atoms with van der Waals surface area (Å²) < 4.78 is 0. The van der Waals surface area contributed by atoms with Crippen molar-refractivity contribution >= 4 is 17.2 Å². The summed E-state index contributed by atoms with van der Waals surface area (Å²) in [5, 5.41) is 15.7. The maximum atomic E-state index is 12.6. The van der Waals surface area contributed by atoms with E-state index in [2.05, 4.69) is 0 Å². The Morgan fingerprint density at radius 3 is 1.96 bits per heavy atom. The van der Waals surface area contributed by atoms with Crippen LogP contribution in [0, 0.1) is 5.92 Å². The summed E-state index contributed by atoms with van der Waals surface area (Å²) in [6, 6.07) is 21.7. The minimum absolute atomic E-state index is 0.0637. The predicted molar refractivity (Wildman–Crippen MR) is 109 cm³/mol. The number of piperidine rings is 1. The van der Waals surface area contributed by atoms with Crippen LogP contribution >= 0.6 is 11.3 Å². The number of benzene rings is 2. The van der Waals surface area contributed by atoms with Crippen molar-refractivity contribution in [2.75, 3.05) is 13.1 Å². The third kappa shape index (κ3) is 3.43. The summed E-state index contributed by atoms with van der Waals surface area (Å²) >= 11 is 1.54. The van der Waals surface area contributed by atoms with E-state index in [0.29, 0.717) is 13.1 Å². The Morgan fingerprint density at radius 1 is 0.926 bits per heavy atom. The van der Waals surface area contributed by atoms with Crippen LogP contribution in [0.5, 0.6) is 0 Å². The second-order valence-electron chi connectivity index (χ2n) is 7.08. The number of hydrogen-bond donors (Lipinski definition) is 1. The van der Waals surface area contributed by atoms with Crippen molar-refractivity contribution in [1.82, 2.24) is 4.90 Å². The number of carbonyl (C=O) groups is 1. The molecule has 2 heterocycles. The van der Waals surface area contributed by atoms with Gasteiger partial charge < -0.3 is 10.0 Å². The Bertz CT molecular complexity index is 830. The molecule has 1 aliphatic rings. The molecule has 0 saturated carbocycles. The largest absolute Gasteiger partial charge is 0.380 e. The van der Waals surface area contributed by atoms with Gasteiger partial charge in [0.25, 0.3) is 5.91 Å². The molecule has 0 radical (unpaired) electrons. The van der Waals surface area contributed by atoms with Crippen LogP contribution in [-0.2, 0) is 5.60 Å². The van der Waals surface area contributed by atoms with Gasteiger partial charge in [-0.25, -0.2) is 0 Å². The van der Waals surface area contributed by atoms with Gasteiger partial charge in [0.2, 0.25) is 0 Å². The Hall–Kier alpha value is -2.43. The third-order valence-electron chi connectivity index (χ3n) is 5.57. The van der Waals surface area contributed by atoms with Gasteiger partial charge in [-0.05, 0) is 41.3 Å². The lowest BCUT2D eigenvalue weighted by molar-refractivity contribution is -0.0122. The first kappa shape index (κ1) is 18.0. The molecule has 1 amide bonds. The van der Waals surface area contributed by atoms with Crippen LogP contribution in [-0.4, -0.2) is 29.0 Å². The van der Waals surface area contributed by atoms with Crippen LogP contribution < -0.4 is 0 Å². The van der Waals surface area contributed by atoms with Gasteiger partial charge in [0, 0.05) is 18.5 Å². The van der Waals surface area contributed by atoms with E-state index >= 15 is 0 Å². The van der Waals surface area contributed by atoms with Gasteiger partial charge in [-0.1, -0.05) is 60.7 Å². The van der Waals surface area contributed by atoms with Crippen molar-refractivity contribution in [3.05, 3.63) is 94.2 Å². The maximum Gasteiger partial charge on any atom is 0.254 e. The summed E-state index contributed by atoms with van der Waals surface area (Å²) in [5.41, 5.74) is 1.55. The summed E-state index contributed by atoms with van der Waals surface area (Å²) in [5.74, 6) is 0.159. The number of rotatable bonds is 4. The van der Waals surface area contributed by atoms with Crippen molar-refractivity contribution in [3.8, 4) is 0 Å². The minimum Gasteiger partial charge on any atom is -0.380 e. The van der Waals surface area contributed by atoms with E-state index in [1.165, 1.54) is 0 Å². The molecule has 0 aliphatic carbocycles. The van der Waals surface area contributed by atoms with E-state index in [1.54, 1.807) is 11.3 Å². The van der Waals surface area contributed by atoms with Crippen molar-refractivity contribution in [1.29, 1.82) is 0 Å². The van der Waals surface area contributed by atoms with Crippen LogP contribution in [0.2, 0.25) is 0 Å². The Balaban J connectivity index is 1.59. The number of carbonyl (C=O) groups excluding carboxylic acids is 1. The summed E-state index contributed by atoms with van der Waals surface area (Å²) in [7, 11) is 0. The highest BCUT2D eigenvalue weighted by atomic mass is 32.1. The fraction of sp³-hybridized carbons (Fsp3) is 0.261. The number of thiophene rings is 1. The van der Waals surface area contributed by atoms with E-state index in [1.807, 2.05) is 82.4 Å². The molecule has 4 heteroatoms. The minimum atomic E-state index is -1.04. The highest BCUT2D eigenvalue weighted by Gasteiger charge is 2.42. The molecule has 2 aromatic carbocycles. The molecule has 27 heavy (non-hydrogen) atoms. The van der Waals surface area contributed by atoms with Crippen LogP contribution in [0.3, 0.4) is 0 Å². The molecule has 138 valence electrons. The second kappa shape index (κ2) is 7.67. The SMILES string of the molecule is O=C(c1ccsc1)N1CCC(C(O)(c2ccccc2)c2ccccc2)CC1. The molecule has 3 nitrogen and oxygen atoms in total. The fourth-order valence-corrected chi connectivity index (χ4v) is 4.72. The standard InChI is InChI=1S/C23H23NO2S/c25-22(18-13-16-27-17-18)24-14-11-21(12-15-24)23(26,19-7-3-1-4-8-19)20-9-5-2-6-10-20/h1-10,13,16-17,21,26H,11-12,14-15H2. The molecular formula is C23H23NO2S. The van der Waals surface area contributed by atoms with Gasteiger partial charge in [0.05, 0.1) is 5.56 Å². The summed E-state index contributed by atoms with van der Waals surface area (Å²) in [6.45, 7) is 1.34. The third-order valence-corrected chi connectivity index (χ3v) is 6.25. The van der Waals surface area contributed by atoms with Crippen molar-refractivity contribution in [3.63, 3.8) is 0 Å². The average molecular weight is 378 g/mol. The highest BCUT2D eigenvalue weighted by molar-refractivity contribution is 7.08. The number of nitrogens with zero attached hydrogens (tertiary/aromatic N) is 1. The molecular weight excluding hydrogens is 354 g/mol. The van der Waals surface area contributed by atoms with Crippen molar-refractivity contribution < 1.29 is 9.90 Å². The van der Waals surface area contributed by atoms with E-state index < -0.39 is 5.60 Å². The maximum absolute atomic E-state index is 12.6. The fourth-order valence-electron chi connectivity index (χ4n) is 4.09. The van der Waals surface area contributed by atoms with Crippen LogP contribution in [0.1, 0.15) is 34.3 Å². The van der Waals surface area contributed by atoms with E-state index in [4.69, 9.17) is 0 Å². The zero-order chi connectivity index (χ0) is 18.7. The number of hydrogen-bond acceptors (Lipinski definition) is 3. The molecule has 1 N–H and O–H groups in total. The first-order valence-corrected chi connectivity index (χ1v) is 10.3. The first-order chi connectivity index (χ1) is 13.2. The second-order valence-corrected chi connectivity index (χ2v) is 7.86. The summed E-state index contributed by atoms with van der Waals surface area (Å²) in [6.07, 6.45) is 1.55. The lowest BCUT2D eigenvalue weighted by Gasteiger charge is -2.42. The number of likely N-dealkylation sites (tertiary alicyclic amines) is 1. The number of amides is 1. The zero-order valence-electron chi connectivity index (χ0n) is 15.1.